The maximum atomic E-state index is 13.4. The van der Waals surface area contributed by atoms with Crippen LogP contribution in [0.2, 0.25) is 5.02 Å². The van der Waals surface area contributed by atoms with Crippen molar-refractivity contribution in [3.8, 4) is 11.4 Å². The monoisotopic (exact) mass is 444 g/mol. The predicted octanol–water partition coefficient (Wildman–Crippen LogP) is 6.52. The number of fused-ring (bicyclic) bond motifs is 1. The molecule has 0 fully saturated rings. The Balaban J connectivity index is 1.85. The van der Waals surface area contributed by atoms with Crippen LogP contribution in [0.5, 0.6) is 5.75 Å². The molecule has 0 unspecified atom stereocenters. The van der Waals surface area contributed by atoms with Crippen LogP contribution in [0, 0.1) is 0 Å². The van der Waals surface area contributed by atoms with Crippen molar-refractivity contribution in [2.24, 2.45) is 0 Å². The number of halogens is 1. The SMILES string of the molecule is COc1ccc(-n2c(/C=C/c3ccc(C(C)(C)C)cc3)nc3ccccc3c2=O)cc1Cl. The highest BCUT2D eigenvalue weighted by atomic mass is 35.5. The minimum Gasteiger partial charge on any atom is -0.495 e. The fourth-order valence-corrected chi connectivity index (χ4v) is 3.82. The number of hydrogen-bond donors (Lipinski definition) is 0. The largest absolute Gasteiger partial charge is 0.495 e. The van der Waals surface area contributed by atoms with E-state index in [4.69, 9.17) is 21.3 Å². The van der Waals surface area contributed by atoms with Crippen LogP contribution < -0.4 is 10.3 Å². The molecule has 0 radical (unpaired) electrons. The van der Waals surface area contributed by atoms with Gasteiger partial charge < -0.3 is 4.74 Å². The Bertz CT molecular complexity index is 1360. The molecule has 0 aliphatic carbocycles. The second-order valence-corrected chi connectivity index (χ2v) is 9.06. The lowest BCUT2D eigenvalue weighted by Crippen LogP contribution is -2.22. The van der Waals surface area contributed by atoms with E-state index >= 15 is 0 Å². The second-order valence-electron chi connectivity index (χ2n) is 8.65. The molecule has 1 aromatic heterocycles. The predicted molar refractivity (Wildman–Crippen MR) is 133 cm³/mol. The molecule has 32 heavy (non-hydrogen) atoms. The van der Waals surface area contributed by atoms with E-state index in [1.165, 1.54) is 5.56 Å². The van der Waals surface area contributed by atoms with Crippen molar-refractivity contribution < 1.29 is 4.74 Å². The topological polar surface area (TPSA) is 44.1 Å². The Morgan fingerprint density at radius 3 is 2.34 bits per heavy atom. The highest BCUT2D eigenvalue weighted by molar-refractivity contribution is 6.32. The molecule has 4 aromatic rings. The summed E-state index contributed by atoms with van der Waals surface area (Å²) in [6, 6.07) is 21.0. The van der Waals surface area contributed by atoms with Crippen molar-refractivity contribution >= 4 is 34.7 Å². The van der Waals surface area contributed by atoms with E-state index in [0.29, 0.717) is 33.2 Å². The van der Waals surface area contributed by atoms with Gasteiger partial charge in [0.25, 0.3) is 5.56 Å². The molecule has 0 saturated carbocycles. The van der Waals surface area contributed by atoms with E-state index in [2.05, 4.69) is 45.0 Å². The molecule has 0 atom stereocenters. The highest BCUT2D eigenvalue weighted by Gasteiger charge is 2.14. The number of rotatable bonds is 4. The molecule has 0 aliphatic rings. The molecule has 5 heteroatoms. The van der Waals surface area contributed by atoms with Crippen LogP contribution in [0.15, 0.2) is 71.5 Å². The van der Waals surface area contributed by atoms with Crippen LogP contribution >= 0.6 is 11.6 Å². The Labute approximate surface area is 192 Å². The average Bonchev–Trinajstić information content (AvgIpc) is 2.77. The molecule has 162 valence electrons. The van der Waals surface area contributed by atoms with Crippen molar-refractivity contribution in [1.82, 2.24) is 9.55 Å². The Morgan fingerprint density at radius 2 is 1.69 bits per heavy atom. The van der Waals surface area contributed by atoms with Gasteiger partial charge in [0, 0.05) is 0 Å². The molecular weight excluding hydrogens is 420 g/mol. The van der Waals surface area contributed by atoms with Crippen molar-refractivity contribution in [2.45, 2.75) is 26.2 Å². The summed E-state index contributed by atoms with van der Waals surface area (Å²) in [6.07, 6.45) is 3.82. The summed E-state index contributed by atoms with van der Waals surface area (Å²) in [4.78, 5) is 18.2. The smallest absolute Gasteiger partial charge is 0.266 e. The van der Waals surface area contributed by atoms with Crippen molar-refractivity contribution in [3.63, 3.8) is 0 Å². The average molecular weight is 445 g/mol. The van der Waals surface area contributed by atoms with Crippen LogP contribution in [-0.4, -0.2) is 16.7 Å². The second kappa shape index (κ2) is 8.64. The van der Waals surface area contributed by atoms with Crippen LogP contribution in [0.4, 0.5) is 0 Å². The number of para-hydroxylation sites is 1. The first-order valence-corrected chi connectivity index (χ1v) is 10.8. The molecule has 1 heterocycles. The third-order valence-corrected chi connectivity index (χ3v) is 5.69. The zero-order valence-electron chi connectivity index (χ0n) is 18.6. The Kier molecular flexibility index (Phi) is 5.90. The van der Waals surface area contributed by atoms with E-state index in [1.807, 2.05) is 30.4 Å². The zero-order valence-corrected chi connectivity index (χ0v) is 19.4. The Morgan fingerprint density at radius 1 is 0.969 bits per heavy atom. The van der Waals surface area contributed by atoms with Crippen molar-refractivity contribution in [2.75, 3.05) is 7.11 Å². The number of aromatic nitrogens is 2. The normalized spacial score (nSPS) is 11.9. The van der Waals surface area contributed by atoms with Crippen molar-refractivity contribution in [3.05, 3.63) is 99.1 Å². The third kappa shape index (κ3) is 4.32. The standard InChI is InChI=1S/C27H25ClN2O2/c1-27(2,3)19-12-9-18(10-13-19)11-16-25-29-23-8-6-5-7-21(23)26(31)30(25)20-14-15-24(32-4)22(28)17-20/h5-17H,1-4H3/b16-11+. The maximum absolute atomic E-state index is 13.4. The van der Waals surface area contributed by atoms with Gasteiger partial charge in [-0.2, -0.15) is 0 Å². The van der Waals surface area contributed by atoms with E-state index in [9.17, 15) is 4.79 Å². The number of methoxy groups -OCH3 is 1. The minimum atomic E-state index is -0.153. The lowest BCUT2D eigenvalue weighted by atomic mass is 9.87. The highest BCUT2D eigenvalue weighted by Crippen LogP contribution is 2.27. The van der Waals surface area contributed by atoms with E-state index < -0.39 is 0 Å². The van der Waals surface area contributed by atoms with E-state index in [-0.39, 0.29) is 11.0 Å². The van der Waals surface area contributed by atoms with Crippen LogP contribution in [0.25, 0.3) is 28.7 Å². The summed E-state index contributed by atoms with van der Waals surface area (Å²) in [5, 5.41) is 0.976. The number of nitrogens with zero attached hydrogens (tertiary/aromatic N) is 2. The minimum absolute atomic E-state index is 0.0935. The molecule has 0 bridgehead atoms. The fourth-order valence-electron chi connectivity index (χ4n) is 3.57. The molecule has 3 aromatic carbocycles. The molecule has 0 N–H and O–H groups in total. The van der Waals surface area contributed by atoms with Gasteiger partial charge in [-0.1, -0.05) is 74.8 Å². The summed E-state index contributed by atoms with van der Waals surface area (Å²) in [7, 11) is 1.56. The molecule has 4 nitrogen and oxygen atoms in total. The number of benzene rings is 3. The van der Waals surface area contributed by atoms with Gasteiger partial charge in [0.1, 0.15) is 11.6 Å². The molecule has 0 aliphatic heterocycles. The van der Waals surface area contributed by atoms with E-state index in [0.717, 1.165) is 5.56 Å². The summed E-state index contributed by atoms with van der Waals surface area (Å²) in [5.41, 5.74) is 3.51. The van der Waals surface area contributed by atoms with Crippen LogP contribution in [-0.2, 0) is 5.41 Å². The lowest BCUT2D eigenvalue weighted by molar-refractivity contribution is 0.415. The van der Waals surface area contributed by atoms with E-state index in [1.54, 1.807) is 35.9 Å². The summed E-state index contributed by atoms with van der Waals surface area (Å²) < 4.78 is 6.83. The fraction of sp³-hybridized carbons (Fsp3) is 0.185. The van der Waals surface area contributed by atoms with Gasteiger partial charge in [0.2, 0.25) is 0 Å². The van der Waals surface area contributed by atoms with Gasteiger partial charge in [-0.3, -0.25) is 9.36 Å². The molecule has 0 amide bonds. The summed E-state index contributed by atoms with van der Waals surface area (Å²) >= 11 is 6.35. The first-order chi connectivity index (χ1) is 15.3. The zero-order chi connectivity index (χ0) is 22.9. The molecule has 0 saturated heterocycles. The van der Waals surface area contributed by atoms with Crippen molar-refractivity contribution in [1.29, 1.82) is 0 Å². The molecule has 4 rings (SSSR count). The van der Waals surface area contributed by atoms with Gasteiger partial charge in [-0.05, 0) is 52.9 Å². The summed E-state index contributed by atoms with van der Waals surface area (Å²) in [6.45, 7) is 6.57. The van der Waals surface area contributed by atoms with Gasteiger partial charge in [-0.15, -0.1) is 0 Å². The van der Waals surface area contributed by atoms with Crippen LogP contribution in [0.1, 0.15) is 37.7 Å². The number of ether oxygens (including phenoxy) is 1. The van der Waals surface area contributed by atoms with Gasteiger partial charge in [0.15, 0.2) is 0 Å². The van der Waals surface area contributed by atoms with Gasteiger partial charge >= 0.3 is 0 Å². The summed E-state index contributed by atoms with van der Waals surface area (Å²) in [5.74, 6) is 1.07. The number of hydrogen-bond acceptors (Lipinski definition) is 3. The third-order valence-electron chi connectivity index (χ3n) is 5.40. The van der Waals surface area contributed by atoms with Crippen LogP contribution in [0.3, 0.4) is 0 Å². The maximum Gasteiger partial charge on any atom is 0.266 e. The first kappa shape index (κ1) is 21.8. The lowest BCUT2D eigenvalue weighted by Gasteiger charge is -2.18. The van der Waals surface area contributed by atoms with Gasteiger partial charge in [-0.25, -0.2) is 4.98 Å². The van der Waals surface area contributed by atoms with Gasteiger partial charge in [0.05, 0.1) is 28.7 Å². The quantitative estimate of drug-likeness (QED) is 0.360. The first-order valence-electron chi connectivity index (χ1n) is 10.4. The Hall–Kier alpha value is -3.37. The molecular formula is C27H25ClN2O2. The molecule has 0 spiro atoms.